The number of fused-ring (bicyclic) bond motifs is 1. The monoisotopic (exact) mass is 244 g/mol. The van der Waals surface area contributed by atoms with Crippen LogP contribution in [0.1, 0.15) is 16.7 Å². The summed E-state index contributed by atoms with van der Waals surface area (Å²) in [7, 11) is 0. The molecule has 86 valence electrons. The molecule has 0 bridgehead atoms. The third-order valence-electron chi connectivity index (χ3n) is 3.21. The van der Waals surface area contributed by atoms with Crippen LogP contribution in [0, 0.1) is 0 Å². The lowest BCUT2D eigenvalue weighted by Gasteiger charge is -2.19. The smallest absolute Gasteiger partial charge is 0.0603 e. The van der Waals surface area contributed by atoms with Gasteiger partial charge < -0.3 is 4.90 Å². The molecule has 0 N–H and O–H groups in total. The summed E-state index contributed by atoms with van der Waals surface area (Å²) in [4.78, 5) is 6.53. The van der Waals surface area contributed by atoms with Crippen LogP contribution in [0.2, 0.25) is 0 Å². The van der Waals surface area contributed by atoms with Crippen molar-refractivity contribution in [3.63, 3.8) is 0 Å². The average Bonchev–Trinajstić information content (AvgIpc) is 2.82. The molecule has 1 aliphatic heterocycles. The van der Waals surface area contributed by atoms with Crippen molar-refractivity contribution in [3.8, 4) is 0 Å². The number of halogens is 1. The molecular formula is C14H13ClN2. The predicted octanol–water partition coefficient (Wildman–Crippen LogP) is 3.34. The molecular weight excluding hydrogens is 232 g/mol. The Morgan fingerprint density at radius 2 is 1.82 bits per heavy atom. The Labute approximate surface area is 106 Å². The van der Waals surface area contributed by atoms with Gasteiger partial charge in [0, 0.05) is 25.2 Å². The Balaban J connectivity index is 1.94. The van der Waals surface area contributed by atoms with Crippen molar-refractivity contribution >= 4 is 17.3 Å². The fourth-order valence-electron chi connectivity index (χ4n) is 2.32. The molecule has 2 heterocycles. The van der Waals surface area contributed by atoms with Crippen LogP contribution >= 0.6 is 11.6 Å². The maximum atomic E-state index is 5.97. The first-order chi connectivity index (χ1) is 8.38. The zero-order valence-electron chi connectivity index (χ0n) is 9.44. The van der Waals surface area contributed by atoms with Crippen molar-refractivity contribution in [1.29, 1.82) is 0 Å². The van der Waals surface area contributed by atoms with E-state index < -0.39 is 0 Å². The van der Waals surface area contributed by atoms with Crippen LogP contribution in [0.15, 0.2) is 42.7 Å². The Morgan fingerprint density at radius 3 is 2.47 bits per heavy atom. The van der Waals surface area contributed by atoms with Crippen molar-refractivity contribution in [1.82, 2.24) is 4.98 Å². The molecule has 0 amide bonds. The number of hydrogen-bond acceptors (Lipinski definition) is 2. The van der Waals surface area contributed by atoms with Crippen molar-refractivity contribution in [2.24, 2.45) is 0 Å². The molecule has 3 heteroatoms. The quantitative estimate of drug-likeness (QED) is 0.754. The standard InChI is InChI=1S/C14H13ClN2/c15-7-11-5-6-16-8-14(11)17-9-12-3-1-2-4-13(12)10-17/h1-6,8H,7,9-10H2. The highest BCUT2D eigenvalue weighted by molar-refractivity contribution is 6.17. The third kappa shape index (κ3) is 1.89. The molecule has 1 aliphatic rings. The van der Waals surface area contributed by atoms with E-state index in [9.17, 15) is 0 Å². The maximum Gasteiger partial charge on any atom is 0.0603 e. The van der Waals surface area contributed by atoms with Crippen LogP contribution in [0.25, 0.3) is 0 Å². The normalized spacial score (nSPS) is 13.8. The molecule has 17 heavy (non-hydrogen) atoms. The molecule has 0 atom stereocenters. The maximum absolute atomic E-state index is 5.97. The first-order valence-electron chi connectivity index (χ1n) is 5.69. The van der Waals surface area contributed by atoms with E-state index >= 15 is 0 Å². The van der Waals surface area contributed by atoms with E-state index in [0.29, 0.717) is 5.88 Å². The first kappa shape index (κ1) is 10.6. The van der Waals surface area contributed by atoms with Crippen molar-refractivity contribution in [2.45, 2.75) is 19.0 Å². The average molecular weight is 245 g/mol. The van der Waals surface area contributed by atoms with Gasteiger partial charge in [-0.1, -0.05) is 24.3 Å². The van der Waals surface area contributed by atoms with Gasteiger partial charge in [0.2, 0.25) is 0 Å². The van der Waals surface area contributed by atoms with Gasteiger partial charge in [0.25, 0.3) is 0 Å². The molecule has 0 unspecified atom stereocenters. The zero-order valence-corrected chi connectivity index (χ0v) is 10.2. The highest BCUT2D eigenvalue weighted by Crippen LogP contribution is 2.30. The van der Waals surface area contributed by atoms with Gasteiger partial charge in [-0.2, -0.15) is 0 Å². The minimum absolute atomic E-state index is 0.532. The number of anilines is 1. The minimum Gasteiger partial charge on any atom is -0.361 e. The summed E-state index contributed by atoms with van der Waals surface area (Å²) >= 11 is 5.97. The lowest BCUT2D eigenvalue weighted by molar-refractivity contribution is 0.869. The highest BCUT2D eigenvalue weighted by Gasteiger charge is 2.20. The van der Waals surface area contributed by atoms with Crippen molar-refractivity contribution < 1.29 is 0 Å². The fourth-order valence-corrected chi connectivity index (χ4v) is 2.54. The summed E-state index contributed by atoms with van der Waals surface area (Å²) in [6.07, 6.45) is 3.70. The van der Waals surface area contributed by atoms with Crippen LogP contribution < -0.4 is 4.90 Å². The molecule has 0 saturated heterocycles. The number of nitrogens with zero attached hydrogens (tertiary/aromatic N) is 2. The molecule has 0 radical (unpaired) electrons. The molecule has 0 aliphatic carbocycles. The number of rotatable bonds is 2. The number of benzene rings is 1. The van der Waals surface area contributed by atoms with Crippen LogP contribution in [0.3, 0.4) is 0 Å². The summed E-state index contributed by atoms with van der Waals surface area (Å²) in [6.45, 7) is 1.90. The molecule has 2 nitrogen and oxygen atoms in total. The zero-order chi connectivity index (χ0) is 11.7. The van der Waals surface area contributed by atoms with Crippen molar-refractivity contribution in [2.75, 3.05) is 4.90 Å². The second-order valence-corrected chi connectivity index (χ2v) is 4.53. The Kier molecular flexibility index (Phi) is 2.73. The first-order valence-corrected chi connectivity index (χ1v) is 6.22. The van der Waals surface area contributed by atoms with Crippen LogP contribution in [-0.2, 0) is 19.0 Å². The topological polar surface area (TPSA) is 16.1 Å². The number of aromatic nitrogens is 1. The van der Waals surface area contributed by atoms with Crippen molar-refractivity contribution in [3.05, 3.63) is 59.4 Å². The van der Waals surface area contributed by atoms with E-state index in [-0.39, 0.29) is 0 Å². The minimum atomic E-state index is 0.532. The number of pyridine rings is 1. The van der Waals surface area contributed by atoms with Gasteiger partial charge in [-0.15, -0.1) is 11.6 Å². The Morgan fingerprint density at radius 1 is 1.12 bits per heavy atom. The van der Waals surface area contributed by atoms with E-state index in [1.807, 2.05) is 12.3 Å². The van der Waals surface area contributed by atoms with Gasteiger partial charge in [0.15, 0.2) is 0 Å². The molecule has 1 aromatic carbocycles. The molecule has 1 aromatic heterocycles. The lowest BCUT2D eigenvalue weighted by atomic mass is 10.1. The number of hydrogen-bond donors (Lipinski definition) is 0. The van der Waals surface area contributed by atoms with Gasteiger partial charge in [0.05, 0.1) is 11.9 Å². The van der Waals surface area contributed by atoms with E-state index in [2.05, 4.69) is 34.1 Å². The van der Waals surface area contributed by atoms with Crippen LogP contribution in [0.4, 0.5) is 5.69 Å². The molecule has 0 saturated carbocycles. The lowest BCUT2D eigenvalue weighted by Crippen LogP contribution is -2.16. The molecule has 0 spiro atoms. The fraction of sp³-hybridized carbons (Fsp3) is 0.214. The predicted molar refractivity (Wildman–Crippen MR) is 70.1 cm³/mol. The van der Waals surface area contributed by atoms with Gasteiger partial charge in [-0.05, 0) is 22.8 Å². The SMILES string of the molecule is ClCc1ccncc1N1Cc2ccccc2C1. The summed E-state index contributed by atoms with van der Waals surface area (Å²) in [5.41, 5.74) is 5.10. The second kappa shape index (κ2) is 4.38. The van der Waals surface area contributed by atoms with Gasteiger partial charge >= 0.3 is 0 Å². The summed E-state index contributed by atoms with van der Waals surface area (Å²) in [6, 6.07) is 10.5. The van der Waals surface area contributed by atoms with Crippen LogP contribution in [-0.4, -0.2) is 4.98 Å². The van der Waals surface area contributed by atoms with Crippen LogP contribution in [0.5, 0.6) is 0 Å². The van der Waals surface area contributed by atoms with Gasteiger partial charge in [0.1, 0.15) is 0 Å². The molecule has 3 rings (SSSR count). The molecule has 0 fully saturated rings. The summed E-state index contributed by atoms with van der Waals surface area (Å²) < 4.78 is 0. The Bertz CT molecular complexity index is 514. The molecule has 2 aromatic rings. The van der Waals surface area contributed by atoms with E-state index in [0.717, 1.165) is 24.3 Å². The highest BCUT2D eigenvalue weighted by atomic mass is 35.5. The van der Waals surface area contributed by atoms with E-state index in [4.69, 9.17) is 11.6 Å². The van der Waals surface area contributed by atoms with E-state index in [1.165, 1.54) is 11.1 Å². The summed E-state index contributed by atoms with van der Waals surface area (Å²) in [5.74, 6) is 0.532. The summed E-state index contributed by atoms with van der Waals surface area (Å²) in [5, 5.41) is 0. The van der Waals surface area contributed by atoms with Gasteiger partial charge in [-0.3, -0.25) is 4.98 Å². The second-order valence-electron chi connectivity index (χ2n) is 4.26. The number of alkyl halides is 1. The Hall–Kier alpha value is -1.54. The third-order valence-corrected chi connectivity index (χ3v) is 3.50. The van der Waals surface area contributed by atoms with E-state index in [1.54, 1.807) is 6.20 Å². The van der Waals surface area contributed by atoms with Gasteiger partial charge in [-0.25, -0.2) is 0 Å². The largest absolute Gasteiger partial charge is 0.361 e.